The third kappa shape index (κ3) is 5.06. The molecule has 2 unspecified atom stereocenters. The van der Waals surface area contributed by atoms with E-state index in [9.17, 15) is 0 Å². The number of nitrogens with one attached hydrogen (secondary N) is 2. The number of aromatic amines is 2. The van der Waals surface area contributed by atoms with Crippen LogP contribution >= 0.6 is 0 Å². The minimum Gasteiger partial charge on any atom is -1.00 e. The van der Waals surface area contributed by atoms with Crippen molar-refractivity contribution in [2.75, 3.05) is 0 Å². The number of halogens is 2. The van der Waals surface area contributed by atoms with Crippen LogP contribution in [-0.4, -0.2) is 15.4 Å². The Morgan fingerprint density at radius 3 is 1.25 bits per heavy atom. The van der Waals surface area contributed by atoms with E-state index >= 15 is 0 Å². The number of aromatic nitrogens is 2. The number of H-pyrrole nitrogens is 2. The van der Waals surface area contributed by atoms with Gasteiger partial charge in [-0.15, -0.1) is 0 Å². The van der Waals surface area contributed by atoms with Crippen molar-refractivity contribution >= 4 is 60.2 Å². The molecule has 0 spiro atoms. The molecule has 6 heteroatoms. The Bertz CT molecular complexity index is 2650. The van der Waals surface area contributed by atoms with Crippen molar-refractivity contribution < 1.29 is 45.2 Å². The molecule has 10 rings (SSSR count). The van der Waals surface area contributed by atoms with Crippen LogP contribution in [0.1, 0.15) is 54.5 Å². The number of para-hydroxylation sites is 2. The molecule has 2 nitrogen and oxygen atoms in total. The fraction of sp³-hybridized carbons (Fsp3) is 0.130. The maximum Gasteiger partial charge on any atom is -1.00 e. The Kier molecular flexibility index (Phi) is 9.11. The van der Waals surface area contributed by atoms with Crippen LogP contribution in [0.2, 0.25) is 13.1 Å². The average Bonchev–Trinajstić information content (AvgIpc) is 3.86. The molecule has 0 aliphatic heterocycles. The SMILES string of the molecule is CC1=C(c2cccc3[nH]c4ccccc4c23)c2ccccc2[CH]1[Zr+2]([CH]1C(C)=C(c2cccc3[nH]c4ccccc4c23)c2ccccc21)=[Si](C)C.[Cl-].[Cl-]. The molecular formula is C46H38Cl2N2SiZr. The van der Waals surface area contributed by atoms with Crippen molar-refractivity contribution in [1.82, 2.24) is 9.97 Å². The molecule has 254 valence electrons. The monoisotopic (exact) mass is 806 g/mol. The molecule has 0 amide bonds. The van der Waals surface area contributed by atoms with Crippen molar-refractivity contribution in [1.29, 1.82) is 0 Å². The van der Waals surface area contributed by atoms with Crippen molar-refractivity contribution in [2.24, 2.45) is 0 Å². The van der Waals surface area contributed by atoms with Gasteiger partial charge in [0.1, 0.15) is 0 Å². The Morgan fingerprint density at radius 2 is 0.808 bits per heavy atom. The average molecular weight is 809 g/mol. The maximum absolute atomic E-state index is 3.72. The molecule has 0 bridgehead atoms. The summed E-state index contributed by atoms with van der Waals surface area (Å²) in [5.74, 6) is 0. The molecule has 8 aromatic rings. The number of allylic oxidation sites excluding steroid dienone is 2. The van der Waals surface area contributed by atoms with Crippen LogP contribution in [0.3, 0.4) is 0 Å². The zero-order valence-electron chi connectivity index (χ0n) is 29.6. The summed E-state index contributed by atoms with van der Waals surface area (Å²) in [4.78, 5) is 7.45. The summed E-state index contributed by atoms with van der Waals surface area (Å²) in [6.45, 7) is 10.3. The van der Waals surface area contributed by atoms with Crippen LogP contribution in [0.5, 0.6) is 0 Å². The number of hydrogen-bond acceptors (Lipinski definition) is 0. The molecule has 2 aliphatic rings. The van der Waals surface area contributed by atoms with Gasteiger partial charge in [0.15, 0.2) is 0 Å². The van der Waals surface area contributed by atoms with Gasteiger partial charge in [0, 0.05) is 0 Å². The first kappa shape index (κ1) is 35.1. The van der Waals surface area contributed by atoms with Crippen LogP contribution in [0.4, 0.5) is 0 Å². The van der Waals surface area contributed by atoms with Gasteiger partial charge in [-0.1, -0.05) is 0 Å². The number of hydrogen-bond donors (Lipinski definition) is 2. The maximum atomic E-state index is 3.72. The largest absolute Gasteiger partial charge is 1.00 e. The Balaban J connectivity index is 0.00000193. The molecular weight excluding hydrogens is 771 g/mol. The molecule has 52 heavy (non-hydrogen) atoms. The van der Waals surface area contributed by atoms with Crippen molar-refractivity contribution in [3.05, 3.63) is 178 Å². The van der Waals surface area contributed by atoms with E-state index in [1.807, 2.05) is 0 Å². The molecule has 2 atom stereocenters. The number of fused-ring (bicyclic) bond motifs is 8. The molecule has 2 aliphatic carbocycles. The first-order valence-electron chi connectivity index (χ1n) is 17.8. The van der Waals surface area contributed by atoms with E-state index in [2.05, 4.69) is 170 Å². The van der Waals surface area contributed by atoms with Crippen LogP contribution in [-0.2, 0) is 20.4 Å². The van der Waals surface area contributed by atoms with Crippen LogP contribution in [0.15, 0.2) is 145 Å². The van der Waals surface area contributed by atoms with Crippen LogP contribution in [0, 0.1) is 0 Å². The number of rotatable bonds is 4. The van der Waals surface area contributed by atoms with Crippen molar-refractivity contribution in [3.63, 3.8) is 0 Å². The molecule has 0 radical (unpaired) electrons. The van der Waals surface area contributed by atoms with Gasteiger partial charge in [0.2, 0.25) is 0 Å². The molecule has 0 saturated carbocycles. The van der Waals surface area contributed by atoms with E-state index in [0.717, 1.165) is 0 Å². The van der Waals surface area contributed by atoms with Crippen molar-refractivity contribution in [3.8, 4) is 0 Å². The number of benzene rings is 6. The molecule has 0 saturated heterocycles. The Morgan fingerprint density at radius 1 is 0.442 bits per heavy atom. The standard InChI is InChI=1S/2C22H16N.C2H6Si.2ClH.Zr/c2*1-14-13-15-7-2-3-8-16(15)21(14)18-10-6-12-20-22(18)17-9-4-5-11-19(17)23-20;1-3-2;;;/h2*2-13,23H,1H3;1-2H3;2*1H;/q;;;;;+2/p-2. The first-order valence-corrected chi connectivity index (χ1v) is 26.8. The third-order valence-electron chi connectivity index (χ3n) is 11.5. The van der Waals surface area contributed by atoms with E-state index in [-0.39, 0.29) is 24.8 Å². The second-order valence-corrected chi connectivity index (χ2v) is 32.3. The van der Waals surface area contributed by atoms with Gasteiger partial charge in [-0.05, 0) is 0 Å². The Hall–Kier alpha value is -3.92. The molecule has 6 aromatic carbocycles. The molecule has 2 aromatic heterocycles. The predicted molar refractivity (Wildman–Crippen MR) is 211 cm³/mol. The van der Waals surface area contributed by atoms with Crippen LogP contribution < -0.4 is 24.8 Å². The quantitative estimate of drug-likeness (QED) is 0.196. The minimum atomic E-state index is -2.39. The first-order chi connectivity index (χ1) is 24.5. The second kappa shape index (κ2) is 13.5. The summed E-state index contributed by atoms with van der Waals surface area (Å²) < 4.78 is 1.06. The van der Waals surface area contributed by atoms with Gasteiger partial charge in [-0.3, -0.25) is 0 Å². The molecule has 2 N–H and O–H groups in total. The smallest absolute Gasteiger partial charge is 1.00 e. The summed E-state index contributed by atoms with van der Waals surface area (Å²) in [5, 5.41) is 5.34. The topological polar surface area (TPSA) is 31.6 Å². The van der Waals surface area contributed by atoms with Gasteiger partial charge in [-0.25, -0.2) is 0 Å². The normalized spacial score (nSPS) is 16.2. The molecule has 2 heterocycles. The Labute approximate surface area is 325 Å². The van der Waals surface area contributed by atoms with Gasteiger partial charge in [0.25, 0.3) is 0 Å². The minimum absolute atomic E-state index is 0. The predicted octanol–water partition coefficient (Wildman–Crippen LogP) is 6.29. The third-order valence-corrected chi connectivity index (χ3v) is 31.3. The van der Waals surface area contributed by atoms with Crippen molar-refractivity contribution in [2.45, 2.75) is 34.2 Å². The fourth-order valence-electron chi connectivity index (χ4n) is 9.61. The van der Waals surface area contributed by atoms with E-state index < -0.39 is 25.8 Å². The summed E-state index contributed by atoms with van der Waals surface area (Å²) in [7, 11) is 0. The van der Waals surface area contributed by atoms with Gasteiger partial charge < -0.3 is 24.8 Å². The molecule has 0 fully saturated rings. The van der Waals surface area contributed by atoms with E-state index in [1.54, 1.807) is 22.3 Å². The fourth-order valence-corrected chi connectivity index (χ4v) is 30.4. The van der Waals surface area contributed by atoms with Gasteiger partial charge in [-0.2, -0.15) is 0 Å². The summed E-state index contributed by atoms with van der Waals surface area (Å²) >= 11 is -2.39. The zero-order valence-corrected chi connectivity index (χ0v) is 34.6. The second-order valence-electron chi connectivity index (χ2n) is 14.4. The van der Waals surface area contributed by atoms with Crippen LogP contribution in [0.25, 0.3) is 54.8 Å². The van der Waals surface area contributed by atoms with E-state index in [1.165, 1.54) is 77.0 Å². The van der Waals surface area contributed by atoms with Gasteiger partial charge in [0.05, 0.1) is 0 Å². The zero-order chi connectivity index (χ0) is 33.7. The summed E-state index contributed by atoms with van der Waals surface area (Å²) in [5.41, 5.74) is 19.2. The van der Waals surface area contributed by atoms with E-state index in [4.69, 9.17) is 0 Å². The van der Waals surface area contributed by atoms with Gasteiger partial charge >= 0.3 is 303 Å². The van der Waals surface area contributed by atoms with E-state index in [0.29, 0.717) is 7.25 Å². The summed E-state index contributed by atoms with van der Waals surface area (Å²) in [6.07, 6.45) is 0. The summed E-state index contributed by atoms with van der Waals surface area (Å²) in [6, 6.07) is 50.2.